The van der Waals surface area contributed by atoms with Crippen molar-refractivity contribution in [3.63, 3.8) is 0 Å². The molecule has 0 unspecified atom stereocenters. The molecule has 5 nitrogen and oxygen atoms in total. The molecule has 0 N–H and O–H groups in total. The maximum Gasteiger partial charge on any atom is 0.160 e. The van der Waals surface area contributed by atoms with Gasteiger partial charge in [0.05, 0.1) is 22.4 Å². The summed E-state index contributed by atoms with van der Waals surface area (Å²) >= 11 is 0. The number of hydrogen-bond donors (Lipinski definition) is 0. The van der Waals surface area contributed by atoms with Gasteiger partial charge in [-0.05, 0) is 98.4 Å². The summed E-state index contributed by atoms with van der Waals surface area (Å²) in [7, 11) is 0. The highest BCUT2D eigenvalue weighted by molar-refractivity contribution is 6.22. The van der Waals surface area contributed by atoms with Gasteiger partial charge in [-0.3, -0.25) is 9.97 Å². The van der Waals surface area contributed by atoms with Crippen LogP contribution in [0.1, 0.15) is 0 Å². The number of hydrogen-bond acceptors (Lipinski definition) is 4. The van der Waals surface area contributed by atoms with Crippen LogP contribution >= 0.6 is 0 Å². The molecule has 0 amide bonds. The summed E-state index contributed by atoms with van der Waals surface area (Å²) in [5.41, 5.74) is 12.6. The molecule has 0 fully saturated rings. The second-order valence-electron chi connectivity index (χ2n) is 14.3. The highest BCUT2D eigenvalue weighted by Crippen LogP contribution is 2.45. The molecule has 4 aromatic heterocycles. The van der Waals surface area contributed by atoms with E-state index < -0.39 is 0 Å². The summed E-state index contributed by atoms with van der Waals surface area (Å²) in [6, 6.07) is 62.1. The maximum absolute atomic E-state index is 5.35. The lowest BCUT2D eigenvalue weighted by Crippen LogP contribution is -1.97. The minimum atomic E-state index is 0.648. The van der Waals surface area contributed by atoms with E-state index in [1.54, 1.807) is 6.20 Å². The van der Waals surface area contributed by atoms with Crippen molar-refractivity contribution in [1.82, 2.24) is 24.5 Å². The van der Waals surface area contributed by atoms with Crippen LogP contribution in [0.2, 0.25) is 0 Å². The minimum Gasteiger partial charge on any atom is -0.309 e. The Morgan fingerprint density at radius 1 is 0.333 bits per heavy atom. The largest absolute Gasteiger partial charge is 0.309 e. The highest BCUT2D eigenvalue weighted by atomic mass is 15.0. The fraction of sp³-hybridized carbons (Fsp3) is 0. The molecule has 5 heteroatoms. The lowest BCUT2D eigenvalue weighted by molar-refractivity contribution is 1.17. The van der Waals surface area contributed by atoms with Crippen molar-refractivity contribution in [2.75, 3.05) is 0 Å². The monoisotopic (exact) mass is 727 g/mol. The van der Waals surface area contributed by atoms with Crippen LogP contribution in [0.5, 0.6) is 0 Å². The maximum atomic E-state index is 5.35. The topological polar surface area (TPSA) is 56.5 Å². The lowest BCUT2D eigenvalue weighted by atomic mass is 9.85. The van der Waals surface area contributed by atoms with Crippen molar-refractivity contribution in [3.05, 3.63) is 201 Å². The third-order valence-electron chi connectivity index (χ3n) is 11.0. The summed E-state index contributed by atoms with van der Waals surface area (Å²) in [6.07, 6.45) is 7.47. The van der Waals surface area contributed by atoms with Crippen LogP contribution in [0.25, 0.3) is 105 Å². The molecule has 0 atom stereocenters. The lowest BCUT2D eigenvalue weighted by Gasteiger charge is -2.18. The highest BCUT2D eigenvalue weighted by Gasteiger charge is 2.20. The zero-order valence-corrected chi connectivity index (χ0v) is 30.8. The number of benzene rings is 7. The average Bonchev–Trinajstić information content (AvgIpc) is 3.62. The molecule has 0 radical (unpaired) electrons. The van der Waals surface area contributed by atoms with E-state index >= 15 is 0 Å². The minimum absolute atomic E-state index is 0.648. The van der Waals surface area contributed by atoms with E-state index in [1.165, 1.54) is 38.4 Å². The molecular weight excluding hydrogens is 695 g/mol. The van der Waals surface area contributed by atoms with Crippen LogP contribution in [-0.2, 0) is 0 Å². The Morgan fingerprint density at radius 3 is 1.60 bits per heavy atom. The third-order valence-corrected chi connectivity index (χ3v) is 11.0. The molecule has 57 heavy (non-hydrogen) atoms. The molecule has 11 aromatic rings. The molecule has 11 rings (SSSR count). The van der Waals surface area contributed by atoms with E-state index in [0.29, 0.717) is 5.82 Å². The summed E-state index contributed by atoms with van der Waals surface area (Å²) in [5, 5.41) is 6.95. The molecule has 0 saturated carbocycles. The van der Waals surface area contributed by atoms with Gasteiger partial charge in [-0.25, -0.2) is 9.97 Å². The van der Waals surface area contributed by atoms with Crippen LogP contribution in [0.4, 0.5) is 0 Å². The van der Waals surface area contributed by atoms with Gasteiger partial charge in [0, 0.05) is 57.9 Å². The molecule has 0 saturated heterocycles. The van der Waals surface area contributed by atoms with Gasteiger partial charge < -0.3 is 4.57 Å². The van der Waals surface area contributed by atoms with Crippen molar-refractivity contribution >= 4 is 43.4 Å². The first-order valence-corrected chi connectivity index (χ1v) is 19.1. The summed E-state index contributed by atoms with van der Waals surface area (Å²) in [5.74, 6) is 0.648. The Labute approximate surface area is 329 Å². The van der Waals surface area contributed by atoms with Crippen molar-refractivity contribution in [1.29, 1.82) is 0 Å². The normalized spacial score (nSPS) is 11.5. The third kappa shape index (κ3) is 5.56. The van der Waals surface area contributed by atoms with Crippen molar-refractivity contribution < 1.29 is 0 Å². The van der Waals surface area contributed by atoms with Crippen molar-refractivity contribution in [2.24, 2.45) is 0 Å². The smallest absolute Gasteiger partial charge is 0.160 e. The molecule has 0 spiro atoms. The number of aromatic nitrogens is 5. The Balaban J connectivity index is 1.16. The molecular formula is C52H33N5. The number of pyridine rings is 2. The Morgan fingerprint density at radius 2 is 0.895 bits per heavy atom. The quantitative estimate of drug-likeness (QED) is 0.160. The van der Waals surface area contributed by atoms with Crippen LogP contribution < -0.4 is 0 Å². The van der Waals surface area contributed by atoms with E-state index in [1.807, 2.05) is 30.7 Å². The predicted molar refractivity (Wildman–Crippen MR) is 234 cm³/mol. The van der Waals surface area contributed by atoms with Gasteiger partial charge in [-0.1, -0.05) is 121 Å². The zero-order valence-electron chi connectivity index (χ0n) is 30.8. The molecule has 0 aliphatic rings. The fourth-order valence-electron chi connectivity index (χ4n) is 8.42. The van der Waals surface area contributed by atoms with Crippen LogP contribution in [-0.4, -0.2) is 24.5 Å². The molecule has 266 valence electrons. The number of nitrogens with zero attached hydrogens (tertiary/aromatic N) is 5. The number of fused-ring (bicyclic) bond motifs is 5. The number of para-hydroxylation sites is 1. The zero-order chi connectivity index (χ0) is 37.7. The van der Waals surface area contributed by atoms with Crippen LogP contribution in [0.3, 0.4) is 0 Å². The summed E-state index contributed by atoms with van der Waals surface area (Å²) in [4.78, 5) is 19.6. The van der Waals surface area contributed by atoms with Gasteiger partial charge in [0.25, 0.3) is 0 Å². The SMILES string of the molecule is c1ccc(-c2c3ccccc3c(-c3ccccc3)c3cc(-c4nc(-c5cccnc5)cc(-c5ccc6c(c5)c5cnccc5n6-c5ccccc5)n4)ccc23)cc1. The fourth-order valence-corrected chi connectivity index (χ4v) is 8.42. The van der Waals surface area contributed by atoms with E-state index in [2.05, 4.69) is 178 Å². The van der Waals surface area contributed by atoms with E-state index in [0.717, 1.165) is 61.0 Å². The standard InChI is InChI=1S/C52H33N5/c1-4-13-34(14-5-1)50-40-20-10-11-21-41(40)51(35-15-6-2-7-16-35)44-30-37(22-24-42(44)50)52-55-46(31-47(56-52)38-17-12-27-53-32-38)36-23-25-48-43(29-36)45-33-54-28-26-49(45)57(48)39-18-8-3-9-19-39/h1-33H. The van der Waals surface area contributed by atoms with Gasteiger partial charge in [-0.2, -0.15) is 0 Å². The molecule has 0 bridgehead atoms. The van der Waals surface area contributed by atoms with Crippen LogP contribution in [0, 0.1) is 0 Å². The second-order valence-corrected chi connectivity index (χ2v) is 14.3. The van der Waals surface area contributed by atoms with Crippen LogP contribution in [0.15, 0.2) is 201 Å². The van der Waals surface area contributed by atoms with E-state index in [9.17, 15) is 0 Å². The second kappa shape index (κ2) is 13.5. The first-order valence-electron chi connectivity index (χ1n) is 19.1. The molecule has 0 aliphatic heterocycles. The van der Waals surface area contributed by atoms with E-state index in [-0.39, 0.29) is 0 Å². The first-order chi connectivity index (χ1) is 28.3. The predicted octanol–water partition coefficient (Wildman–Crippen LogP) is 13.0. The molecule has 7 aromatic carbocycles. The molecule has 4 heterocycles. The van der Waals surface area contributed by atoms with Gasteiger partial charge in [-0.15, -0.1) is 0 Å². The summed E-state index contributed by atoms with van der Waals surface area (Å²) < 4.78 is 2.30. The molecule has 0 aliphatic carbocycles. The number of rotatable bonds is 6. The Kier molecular flexibility index (Phi) is 7.74. The van der Waals surface area contributed by atoms with Crippen molar-refractivity contribution in [2.45, 2.75) is 0 Å². The van der Waals surface area contributed by atoms with E-state index in [4.69, 9.17) is 9.97 Å². The average molecular weight is 728 g/mol. The van der Waals surface area contributed by atoms with Gasteiger partial charge in [0.2, 0.25) is 0 Å². The Bertz CT molecular complexity index is 3270. The Hall–Kier alpha value is -7.76. The van der Waals surface area contributed by atoms with Gasteiger partial charge >= 0.3 is 0 Å². The van der Waals surface area contributed by atoms with Gasteiger partial charge in [0.1, 0.15) is 0 Å². The van der Waals surface area contributed by atoms with Gasteiger partial charge in [0.15, 0.2) is 5.82 Å². The van der Waals surface area contributed by atoms with Crippen molar-refractivity contribution in [3.8, 4) is 61.8 Å². The summed E-state index contributed by atoms with van der Waals surface area (Å²) in [6.45, 7) is 0. The first kappa shape index (κ1) is 32.7.